The molecule has 6 heteroatoms. The van der Waals surface area contributed by atoms with Gasteiger partial charge in [0, 0.05) is 12.2 Å². The van der Waals surface area contributed by atoms with Crippen LogP contribution in [0.5, 0.6) is 0 Å². The van der Waals surface area contributed by atoms with Gasteiger partial charge in [0.05, 0.1) is 0 Å². The average Bonchev–Trinajstić information content (AvgIpc) is 2.21. The second kappa shape index (κ2) is 4.80. The number of nitrogen functional groups attached to an aromatic ring is 1. The standard InChI is InChI=1S/C10H17N3O2S/c1-4-8(3)13-16(14,15)9-5-7(2)10(11)12-6-9/h5-6,8,13H,4H2,1-3H3,(H2,11,12). The van der Waals surface area contributed by atoms with E-state index in [1.54, 1.807) is 6.92 Å². The molecule has 1 atom stereocenters. The van der Waals surface area contributed by atoms with Gasteiger partial charge in [0.1, 0.15) is 10.7 Å². The van der Waals surface area contributed by atoms with Crippen molar-refractivity contribution < 1.29 is 8.42 Å². The second-order valence-corrected chi connectivity index (χ2v) is 5.52. The molecule has 1 rings (SSSR count). The summed E-state index contributed by atoms with van der Waals surface area (Å²) in [5.41, 5.74) is 6.19. The summed E-state index contributed by atoms with van der Waals surface area (Å²) in [4.78, 5) is 3.99. The molecule has 0 radical (unpaired) electrons. The smallest absolute Gasteiger partial charge is 0.242 e. The number of anilines is 1. The van der Waals surface area contributed by atoms with Gasteiger partial charge in [-0.05, 0) is 31.9 Å². The first-order chi connectivity index (χ1) is 7.36. The SMILES string of the molecule is CCC(C)NS(=O)(=O)c1cnc(N)c(C)c1. The number of aromatic nitrogens is 1. The van der Waals surface area contributed by atoms with Crippen LogP contribution in [0.4, 0.5) is 5.82 Å². The van der Waals surface area contributed by atoms with E-state index >= 15 is 0 Å². The van der Waals surface area contributed by atoms with E-state index in [1.807, 2.05) is 13.8 Å². The van der Waals surface area contributed by atoms with Crippen LogP contribution < -0.4 is 10.5 Å². The van der Waals surface area contributed by atoms with Gasteiger partial charge in [0.15, 0.2) is 0 Å². The summed E-state index contributed by atoms with van der Waals surface area (Å²) < 4.78 is 26.3. The molecule has 0 aromatic carbocycles. The lowest BCUT2D eigenvalue weighted by Crippen LogP contribution is -2.32. The van der Waals surface area contributed by atoms with Gasteiger partial charge in [0.25, 0.3) is 0 Å². The van der Waals surface area contributed by atoms with E-state index in [-0.39, 0.29) is 10.9 Å². The molecule has 1 aromatic heterocycles. The second-order valence-electron chi connectivity index (χ2n) is 3.80. The van der Waals surface area contributed by atoms with Gasteiger partial charge in [-0.1, -0.05) is 6.92 Å². The Morgan fingerprint density at radius 1 is 1.56 bits per heavy atom. The molecule has 16 heavy (non-hydrogen) atoms. The molecule has 3 N–H and O–H groups in total. The minimum atomic E-state index is -3.48. The van der Waals surface area contributed by atoms with Crippen molar-refractivity contribution in [1.82, 2.24) is 9.71 Å². The van der Waals surface area contributed by atoms with E-state index in [0.717, 1.165) is 6.42 Å². The zero-order valence-corrected chi connectivity index (χ0v) is 10.5. The Morgan fingerprint density at radius 2 is 2.19 bits per heavy atom. The quantitative estimate of drug-likeness (QED) is 0.827. The van der Waals surface area contributed by atoms with Crippen LogP contribution in [0.3, 0.4) is 0 Å². The average molecular weight is 243 g/mol. The number of nitrogens with one attached hydrogen (secondary N) is 1. The highest BCUT2D eigenvalue weighted by Crippen LogP contribution is 2.14. The normalized spacial score (nSPS) is 13.7. The lowest BCUT2D eigenvalue weighted by atomic mass is 10.3. The molecule has 1 aromatic rings. The Kier molecular flexibility index (Phi) is 3.88. The van der Waals surface area contributed by atoms with Crippen molar-refractivity contribution in [3.05, 3.63) is 17.8 Å². The highest BCUT2D eigenvalue weighted by Gasteiger charge is 2.17. The van der Waals surface area contributed by atoms with Crippen LogP contribution in [-0.4, -0.2) is 19.4 Å². The van der Waals surface area contributed by atoms with E-state index in [4.69, 9.17) is 5.73 Å². The molecule has 0 aliphatic carbocycles. The monoisotopic (exact) mass is 243 g/mol. The summed E-state index contributed by atoms with van der Waals surface area (Å²) in [6.45, 7) is 5.46. The number of aryl methyl sites for hydroxylation is 1. The van der Waals surface area contributed by atoms with Gasteiger partial charge in [-0.2, -0.15) is 0 Å². The molecule has 90 valence electrons. The van der Waals surface area contributed by atoms with Crippen molar-refractivity contribution in [2.24, 2.45) is 0 Å². The van der Waals surface area contributed by atoms with Gasteiger partial charge in [-0.25, -0.2) is 18.1 Å². The molecule has 0 amide bonds. The van der Waals surface area contributed by atoms with Crippen LogP contribution in [0.15, 0.2) is 17.2 Å². The van der Waals surface area contributed by atoms with Gasteiger partial charge in [0.2, 0.25) is 10.0 Å². The summed E-state index contributed by atoms with van der Waals surface area (Å²) in [5, 5.41) is 0. The van der Waals surface area contributed by atoms with Crippen LogP contribution in [0.2, 0.25) is 0 Å². The van der Waals surface area contributed by atoms with Crippen molar-refractivity contribution in [2.45, 2.75) is 38.1 Å². The molecule has 0 aliphatic heterocycles. The minimum Gasteiger partial charge on any atom is -0.383 e. The molecule has 0 spiro atoms. The largest absolute Gasteiger partial charge is 0.383 e. The van der Waals surface area contributed by atoms with Crippen LogP contribution in [-0.2, 0) is 10.0 Å². The van der Waals surface area contributed by atoms with Crippen molar-refractivity contribution in [3.8, 4) is 0 Å². The zero-order valence-electron chi connectivity index (χ0n) is 9.69. The zero-order chi connectivity index (χ0) is 12.3. The molecular formula is C10H17N3O2S. The Balaban J connectivity index is 3.03. The minimum absolute atomic E-state index is 0.0946. The first-order valence-electron chi connectivity index (χ1n) is 5.11. The maximum absolute atomic E-state index is 11.9. The number of sulfonamides is 1. The Morgan fingerprint density at radius 3 is 2.69 bits per heavy atom. The molecule has 0 saturated carbocycles. The van der Waals surface area contributed by atoms with Crippen molar-refractivity contribution >= 4 is 15.8 Å². The number of nitrogens with zero attached hydrogens (tertiary/aromatic N) is 1. The topological polar surface area (TPSA) is 85.1 Å². The maximum Gasteiger partial charge on any atom is 0.242 e. The highest BCUT2D eigenvalue weighted by atomic mass is 32.2. The number of pyridine rings is 1. The van der Waals surface area contributed by atoms with Gasteiger partial charge in [-0.15, -0.1) is 0 Å². The Hall–Kier alpha value is -1.14. The van der Waals surface area contributed by atoms with Gasteiger partial charge < -0.3 is 5.73 Å². The van der Waals surface area contributed by atoms with Crippen LogP contribution in [0.1, 0.15) is 25.8 Å². The lowest BCUT2D eigenvalue weighted by molar-refractivity contribution is 0.555. The van der Waals surface area contributed by atoms with Crippen LogP contribution >= 0.6 is 0 Å². The van der Waals surface area contributed by atoms with E-state index in [0.29, 0.717) is 11.4 Å². The van der Waals surface area contributed by atoms with Gasteiger partial charge >= 0.3 is 0 Å². The summed E-state index contributed by atoms with van der Waals surface area (Å²) in [7, 11) is -3.48. The predicted molar refractivity (Wildman–Crippen MR) is 63.5 cm³/mol. The van der Waals surface area contributed by atoms with E-state index in [2.05, 4.69) is 9.71 Å². The summed E-state index contributed by atoms with van der Waals surface area (Å²) in [6.07, 6.45) is 2.01. The fraction of sp³-hybridized carbons (Fsp3) is 0.500. The van der Waals surface area contributed by atoms with E-state index in [9.17, 15) is 8.42 Å². The van der Waals surface area contributed by atoms with Crippen LogP contribution in [0.25, 0.3) is 0 Å². The van der Waals surface area contributed by atoms with Crippen molar-refractivity contribution in [1.29, 1.82) is 0 Å². The third-order valence-corrected chi connectivity index (χ3v) is 3.93. The number of hydrogen-bond donors (Lipinski definition) is 2. The lowest BCUT2D eigenvalue weighted by Gasteiger charge is -2.12. The molecule has 1 heterocycles. The number of nitrogens with two attached hydrogens (primary N) is 1. The predicted octanol–water partition coefficient (Wildman–Crippen LogP) is 1.05. The molecule has 1 unspecified atom stereocenters. The van der Waals surface area contributed by atoms with Gasteiger partial charge in [-0.3, -0.25) is 0 Å². The van der Waals surface area contributed by atoms with E-state index in [1.165, 1.54) is 12.3 Å². The third kappa shape index (κ3) is 2.93. The molecule has 0 fully saturated rings. The van der Waals surface area contributed by atoms with Crippen LogP contribution in [0, 0.1) is 6.92 Å². The fourth-order valence-electron chi connectivity index (χ4n) is 1.12. The molecule has 0 aliphatic rings. The Bertz CT molecular complexity index is 471. The Labute approximate surface area is 96.1 Å². The molecule has 5 nitrogen and oxygen atoms in total. The highest BCUT2D eigenvalue weighted by molar-refractivity contribution is 7.89. The van der Waals surface area contributed by atoms with Crippen molar-refractivity contribution in [2.75, 3.05) is 5.73 Å². The summed E-state index contributed by atoms with van der Waals surface area (Å²) >= 11 is 0. The first-order valence-corrected chi connectivity index (χ1v) is 6.59. The number of rotatable bonds is 4. The third-order valence-electron chi connectivity index (χ3n) is 2.37. The van der Waals surface area contributed by atoms with E-state index < -0.39 is 10.0 Å². The summed E-state index contributed by atoms with van der Waals surface area (Å²) in [5.74, 6) is 0.350. The fourth-order valence-corrected chi connectivity index (χ4v) is 2.48. The summed E-state index contributed by atoms with van der Waals surface area (Å²) in [6, 6.07) is 1.43. The number of hydrogen-bond acceptors (Lipinski definition) is 4. The molecular weight excluding hydrogens is 226 g/mol. The molecule has 0 bridgehead atoms. The van der Waals surface area contributed by atoms with Crippen molar-refractivity contribution in [3.63, 3.8) is 0 Å². The first kappa shape index (κ1) is 12.9. The molecule has 0 saturated heterocycles. The maximum atomic E-state index is 11.9.